The first-order valence-corrected chi connectivity index (χ1v) is 12.7. The fourth-order valence-corrected chi connectivity index (χ4v) is 3.19. The molecule has 0 amide bonds. The van der Waals surface area contributed by atoms with Crippen LogP contribution < -0.4 is 5.32 Å². The zero-order chi connectivity index (χ0) is 24.8. The summed E-state index contributed by atoms with van der Waals surface area (Å²) in [6.45, 7) is 20.2. The van der Waals surface area contributed by atoms with Gasteiger partial charge in [0.05, 0.1) is 6.17 Å². The number of allylic oxidation sites excluding steroid dienone is 6. The van der Waals surface area contributed by atoms with E-state index in [4.69, 9.17) is 0 Å². The van der Waals surface area contributed by atoms with Gasteiger partial charge in [0.1, 0.15) is 0 Å². The number of benzene rings is 1. The molecule has 1 atom stereocenters. The fraction of sp³-hybridized carbons (Fsp3) is 0.600. The molecule has 1 unspecified atom stereocenters. The van der Waals surface area contributed by atoms with Gasteiger partial charge in [-0.3, -0.25) is 0 Å². The smallest absolute Gasteiger partial charge is 0.0945 e. The summed E-state index contributed by atoms with van der Waals surface area (Å²) in [6, 6.07) is 8.48. The predicted molar refractivity (Wildman–Crippen MR) is 145 cm³/mol. The number of nitrogens with one attached hydrogen (secondary N) is 1. The Hall–Kier alpha value is -1.67. The van der Waals surface area contributed by atoms with E-state index in [1.165, 1.54) is 62.9 Å². The molecule has 1 saturated heterocycles. The highest BCUT2D eigenvalue weighted by molar-refractivity contribution is 5.28. The minimum Gasteiger partial charge on any atom is -0.317 e. The molecule has 1 aromatic carbocycles. The number of aryl methyl sites for hydroxylation is 2. The normalized spacial score (nSPS) is 15.8. The maximum absolute atomic E-state index is 11.0. The first-order chi connectivity index (χ1) is 15.3. The maximum atomic E-state index is 11.0. The van der Waals surface area contributed by atoms with Crippen molar-refractivity contribution in [3.05, 3.63) is 71.3 Å². The summed E-state index contributed by atoms with van der Waals surface area (Å²) in [7, 11) is 0. The third-order valence-electron chi connectivity index (χ3n) is 4.86. The van der Waals surface area contributed by atoms with E-state index in [1.807, 2.05) is 13.8 Å². The molecule has 0 saturated carbocycles. The Bertz CT molecular complexity index is 580. The molecule has 1 fully saturated rings. The van der Waals surface area contributed by atoms with Gasteiger partial charge >= 0.3 is 0 Å². The quantitative estimate of drug-likeness (QED) is 0.478. The molecule has 3 rings (SSSR count). The standard InChI is InChI=1S/C14H21N.C8H10.C3H7F.C3H8.C2H6/c1-12(14-8-10-15-11-9-14)13-6-4-2-3-5-7-13;1-7-3-5-8(2)6-4-7;1-3(2)4;1-3-2;1-2/h2-4,6-7,12,14-15H,5,8-11H2,1H3;3-6H,1-2H3;3H,1-2H3;3H2,1-2H3;1-2H3. The summed E-state index contributed by atoms with van der Waals surface area (Å²) in [5.74, 6) is 1.60. The lowest BCUT2D eigenvalue weighted by Crippen LogP contribution is -2.31. The molecule has 1 aliphatic carbocycles. The van der Waals surface area contributed by atoms with Gasteiger partial charge in [-0.2, -0.15) is 0 Å². The first kappa shape index (κ1) is 32.5. The average Bonchev–Trinajstić information content (AvgIpc) is 3.08. The zero-order valence-corrected chi connectivity index (χ0v) is 22.5. The number of rotatable bonds is 2. The van der Waals surface area contributed by atoms with Crippen LogP contribution in [0.1, 0.15) is 85.3 Å². The highest BCUT2D eigenvalue weighted by Crippen LogP contribution is 2.29. The van der Waals surface area contributed by atoms with Crippen molar-refractivity contribution in [2.75, 3.05) is 13.1 Å². The minimum atomic E-state index is -0.667. The van der Waals surface area contributed by atoms with Gasteiger partial charge < -0.3 is 5.32 Å². The molecule has 1 heterocycles. The minimum absolute atomic E-state index is 0.667. The van der Waals surface area contributed by atoms with E-state index in [0.717, 1.165) is 18.3 Å². The van der Waals surface area contributed by atoms with Crippen molar-refractivity contribution in [3.8, 4) is 0 Å². The molecule has 0 bridgehead atoms. The van der Waals surface area contributed by atoms with Crippen LogP contribution in [0.25, 0.3) is 0 Å². The second kappa shape index (κ2) is 22.5. The molecule has 184 valence electrons. The molecule has 2 aliphatic rings. The zero-order valence-electron chi connectivity index (χ0n) is 22.5. The summed E-state index contributed by atoms with van der Waals surface area (Å²) in [4.78, 5) is 0. The Morgan fingerprint density at radius 2 is 1.34 bits per heavy atom. The van der Waals surface area contributed by atoms with Crippen LogP contribution in [0.4, 0.5) is 4.39 Å². The van der Waals surface area contributed by atoms with Crippen LogP contribution in [-0.2, 0) is 0 Å². The second-order valence-electron chi connectivity index (χ2n) is 8.48. The summed E-state index contributed by atoms with van der Waals surface area (Å²) >= 11 is 0. The molecule has 0 aromatic heterocycles. The molecule has 1 nitrogen and oxygen atoms in total. The van der Waals surface area contributed by atoms with Gasteiger partial charge in [0.15, 0.2) is 0 Å². The van der Waals surface area contributed by atoms with Gasteiger partial charge in [-0.1, -0.05) is 107 Å². The van der Waals surface area contributed by atoms with Crippen LogP contribution in [0.3, 0.4) is 0 Å². The van der Waals surface area contributed by atoms with Crippen molar-refractivity contribution in [1.82, 2.24) is 5.32 Å². The van der Waals surface area contributed by atoms with E-state index < -0.39 is 6.17 Å². The van der Waals surface area contributed by atoms with Gasteiger partial charge in [-0.05, 0) is 77.5 Å². The average molecular weight is 446 g/mol. The van der Waals surface area contributed by atoms with Crippen molar-refractivity contribution in [2.45, 2.75) is 94.2 Å². The van der Waals surface area contributed by atoms with Crippen molar-refractivity contribution in [2.24, 2.45) is 11.8 Å². The van der Waals surface area contributed by atoms with E-state index in [0.29, 0.717) is 0 Å². The Kier molecular flexibility index (Phi) is 22.9. The van der Waals surface area contributed by atoms with Gasteiger partial charge in [-0.25, -0.2) is 4.39 Å². The van der Waals surface area contributed by atoms with Gasteiger partial charge in [0, 0.05) is 0 Å². The van der Waals surface area contributed by atoms with Crippen molar-refractivity contribution < 1.29 is 4.39 Å². The lowest BCUT2D eigenvalue weighted by Gasteiger charge is -2.29. The number of alkyl halides is 1. The summed E-state index contributed by atoms with van der Waals surface area (Å²) in [6.07, 6.45) is 15.6. The third kappa shape index (κ3) is 19.0. The highest BCUT2D eigenvalue weighted by atomic mass is 19.1. The van der Waals surface area contributed by atoms with E-state index in [-0.39, 0.29) is 0 Å². The Morgan fingerprint density at radius 3 is 1.78 bits per heavy atom. The van der Waals surface area contributed by atoms with Crippen LogP contribution in [0.2, 0.25) is 0 Å². The second-order valence-corrected chi connectivity index (χ2v) is 8.48. The van der Waals surface area contributed by atoms with Crippen molar-refractivity contribution in [1.29, 1.82) is 0 Å². The highest BCUT2D eigenvalue weighted by Gasteiger charge is 2.21. The number of hydrogen-bond acceptors (Lipinski definition) is 1. The lowest BCUT2D eigenvalue weighted by atomic mass is 9.81. The molecule has 2 heteroatoms. The monoisotopic (exact) mass is 445 g/mol. The Morgan fingerprint density at radius 1 is 0.906 bits per heavy atom. The third-order valence-corrected chi connectivity index (χ3v) is 4.86. The van der Waals surface area contributed by atoms with E-state index in [1.54, 1.807) is 0 Å². The van der Waals surface area contributed by atoms with Crippen LogP contribution >= 0.6 is 0 Å². The molecule has 32 heavy (non-hydrogen) atoms. The molecule has 1 aliphatic heterocycles. The number of halogens is 1. The molecule has 0 spiro atoms. The molecule has 1 aromatic rings. The predicted octanol–water partition coefficient (Wildman–Crippen LogP) is 9.17. The topological polar surface area (TPSA) is 12.0 Å². The van der Waals surface area contributed by atoms with Crippen LogP contribution in [-0.4, -0.2) is 19.3 Å². The fourth-order valence-electron chi connectivity index (χ4n) is 3.19. The van der Waals surface area contributed by atoms with E-state index in [9.17, 15) is 4.39 Å². The van der Waals surface area contributed by atoms with Crippen LogP contribution in [0.5, 0.6) is 0 Å². The molecular formula is C30H52FN. The Labute approximate surface area is 200 Å². The van der Waals surface area contributed by atoms with E-state index >= 15 is 0 Å². The number of hydrogen-bond donors (Lipinski definition) is 1. The molecule has 1 N–H and O–H groups in total. The van der Waals surface area contributed by atoms with Gasteiger partial charge in [0.2, 0.25) is 0 Å². The first-order valence-electron chi connectivity index (χ1n) is 12.7. The summed E-state index contributed by atoms with van der Waals surface area (Å²) < 4.78 is 11.0. The van der Waals surface area contributed by atoms with Crippen molar-refractivity contribution >= 4 is 0 Å². The number of piperidine rings is 1. The molecule has 0 radical (unpaired) electrons. The summed E-state index contributed by atoms with van der Waals surface area (Å²) in [5, 5.41) is 3.44. The summed E-state index contributed by atoms with van der Waals surface area (Å²) in [5.41, 5.74) is 4.19. The SMILES string of the molecule is CC.CC(C)F.CC(C1=CCC=CC=C1)C1CCNCC1.CCC.Cc1ccc(C)cc1. The van der Waals surface area contributed by atoms with Crippen molar-refractivity contribution in [3.63, 3.8) is 0 Å². The Balaban J connectivity index is 0. The van der Waals surface area contributed by atoms with Gasteiger partial charge in [0.25, 0.3) is 0 Å². The van der Waals surface area contributed by atoms with Crippen LogP contribution in [0, 0.1) is 25.7 Å². The lowest BCUT2D eigenvalue weighted by molar-refractivity contribution is 0.307. The molecular weight excluding hydrogens is 393 g/mol. The van der Waals surface area contributed by atoms with Crippen LogP contribution in [0.15, 0.2) is 60.2 Å². The van der Waals surface area contributed by atoms with Gasteiger partial charge in [-0.15, -0.1) is 0 Å². The largest absolute Gasteiger partial charge is 0.317 e. The van der Waals surface area contributed by atoms with E-state index in [2.05, 4.69) is 94.6 Å². The maximum Gasteiger partial charge on any atom is 0.0945 e.